The first kappa shape index (κ1) is 18.7. The minimum atomic E-state index is -0.317. The molecule has 7 heteroatoms. The van der Waals surface area contributed by atoms with Gasteiger partial charge in [0.05, 0.1) is 19.1 Å². The molecular weight excluding hydrogens is 332 g/mol. The van der Waals surface area contributed by atoms with Gasteiger partial charge in [0.25, 0.3) is 0 Å². The van der Waals surface area contributed by atoms with Crippen LogP contribution in [0.3, 0.4) is 0 Å². The number of carbonyl (C=O) groups excluding carboxylic acids is 2. The second-order valence-corrected chi connectivity index (χ2v) is 6.07. The standard InChI is InChI=1S/C17H23ClN2O4/c1-23-9-10-24-8-2-7-19-17(22)13-11-16(21)20(12-13)15-5-3-14(18)4-6-15/h3-6,13H,2,7-12H2,1H3,(H,19,22). The lowest BCUT2D eigenvalue weighted by atomic mass is 10.1. The fraction of sp³-hybridized carbons (Fsp3) is 0.529. The quantitative estimate of drug-likeness (QED) is 0.687. The third kappa shape index (κ3) is 5.47. The zero-order chi connectivity index (χ0) is 17.4. The summed E-state index contributed by atoms with van der Waals surface area (Å²) in [4.78, 5) is 26.0. The van der Waals surface area contributed by atoms with E-state index in [2.05, 4.69) is 5.32 Å². The summed E-state index contributed by atoms with van der Waals surface area (Å²) in [7, 11) is 1.62. The first-order valence-corrected chi connectivity index (χ1v) is 8.40. The van der Waals surface area contributed by atoms with Crippen molar-refractivity contribution in [3.05, 3.63) is 29.3 Å². The molecular formula is C17H23ClN2O4. The van der Waals surface area contributed by atoms with Crippen LogP contribution < -0.4 is 10.2 Å². The Morgan fingerprint density at radius 2 is 2.04 bits per heavy atom. The molecule has 0 bridgehead atoms. The molecule has 1 aliphatic heterocycles. The number of halogens is 1. The van der Waals surface area contributed by atoms with Crippen LogP contribution in [-0.2, 0) is 19.1 Å². The summed E-state index contributed by atoms with van der Waals surface area (Å²) in [5.74, 6) is -0.445. The van der Waals surface area contributed by atoms with Gasteiger partial charge in [-0.1, -0.05) is 11.6 Å². The van der Waals surface area contributed by atoms with Gasteiger partial charge in [0.1, 0.15) is 0 Å². The Kier molecular flexibility index (Phi) is 7.49. The van der Waals surface area contributed by atoms with E-state index in [1.165, 1.54) is 0 Å². The molecule has 1 fully saturated rings. The molecule has 1 atom stereocenters. The second kappa shape index (κ2) is 9.61. The Bertz CT molecular complexity index is 550. The molecule has 0 spiro atoms. The minimum absolute atomic E-state index is 0.0413. The van der Waals surface area contributed by atoms with Crippen LogP contribution in [-0.4, -0.2) is 51.8 Å². The first-order chi connectivity index (χ1) is 11.6. The molecule has 1 N–H and O–H groups in total. The number of hydrogen-bond donors (Lipinski definition) is 1. The van der Waals surface area contributed by atoms with Gasteiger partial charge in [-0.2, -0.15) is 0 Å². The Hall–Kier alpha value is -1.63. The molecule has 2 amide bonds. The summed E-state index contributed by atoms with van der Waals surface area (Å²) in [6.45, 7) is 2.63. The van der Waals surface area contributed by atoms with Crippen LogP contribution in [0.4, 0.5) is 5.69 Å². The third-order valence-electron chi connectivity index (χ3n) is 3.83. The smallest absolute Gasteiger partial charge is 0.227 e. The van der Waals surface area contributed by atoms with Crippen molar-refractivity contribution >= 4 is 29.1 Å². The molecule has 0 aromatic heterocycles. The highest BCUT2D eigenvalue weighted by Crippen LogP contribution is 2.26. The van der Waals surface area contributed by atoms with Gasteiger partial charge < -0.3 is 19.7 Å². The molecule has 132 valence electrons. The van der Waals surface area contributed by atoms with Gasteiger partial charge >= 0.3 is 0 Å². The van der Waals surface area contributed by atoms with E-state index in [-0.39, 0.29) is 24.2 Å². The van der Waals surface area contributed by atoms with E-state index >= 15 is 0 Å². The van der Waals surface area contributed by atoms with E-state index in [4.69, 9.17) is 21.1 Å². The highest BCUT2D eigenvalue weighted by Gasteiger charge is 2.34. The lowest BCUT2D eigenvalue weighted by Crippen LogP contribution is -2.33. The fourth-order valence-corrected chi connectivity index (χ4v) is 2.65. The number of ether oxygens (including phenoxy) is 2. The number of carbonyl (C=O) groups is 2. The number of nitrogens with zero attached hydrogens (tertiary/aromatic N) is 1. The molecule has 1 saturated heterocycles. The summed E-state index contributed by atoms with van der Waals surface area (Å²) >= 11 is 5.86. The number of anilines is 1. The third-order valence-corrected chi connectivity index (χ3v) is 4.08. The van der Waals surface area contributed by atoms with E-state index < -0.39 is 0 Å². The van der Waals surface area contributed by atoms with Crippen LogP contribution in [0, 0.1) is 5.92 Å². The molecule has 2 rings (SSSR count). The molecule has 1 heterocycles. The Morgan fingerprint density at radius 1 is 1.29 bits per heavy atom. The highest BCUT2D eigenvalue weighted by molar-refractivity contribution is 6.30. The number of amides is 2. The van der Waals surface area contributed by atoms with Gasteiger partial charge in [0.2, 0.25) is 11.8 Å². The SMILES string of the molecule is COCCOCCCNC(=O)C1CC(=O)N(c2ccc(Cl)cc2)C1. The maximum atomic E-state index is 12.2. The molecule has 1 aliphatic rings. The normalized spacial score (nSPS) is 17.3. The van der Waals surface area contributed by atoms with Crippen molar-refractivity contribution in [3.8, 4) is 0 Å². The van der Waals surface area contributed by atoms with Crippen molar-refractivity contribution in [2.75, 3.05) is 44.9 Å². The first-order valence-electron chi connectivity index (χ1n) is 8.02. The van der Waals surface area contributed by atoms with Crippen molar-refractivity contribution in [2.45, 2.75) is 12.8 Å². The highest BCUT2D eigenvalue weighted by atomic mass is 35.5. The summed E-state index contributed by atoms with van der Waals surface area (Å²) in [6.07, 6.45) is 0.968. The molecule has 0 saturated carbocycles. The topological polar surface area (TPSA) is 67.9 Å². The largest absolute Gasteiger partial charge is 0.382 e. The lowest BCUT2D eigenvalue weighted by Gasteiger charge is -2.16. The summed E-state index contributed by atoms with van der Waals surface area (Å²) in [5.41, 5.74) is 0.770. The zero-order valence-corrected chi connectivity index (χ0v) is 14.6. The van der Waals surface area contributed by atoms with Gasteiger partial charge in [-0.25, -0.2) is 0 Å². The van der Waals surface area contributed by atoms with Gasteiger partial charge in [-0.3, -0.25) is 9.59 Å². The molecule has 6 nitrogen and oxygen atoms in total. The predicted molar refractivity (Wildman–Crippen MR) is 92.2 cm³/mol. The number of nitrogens with one attached hydrogen (secondary N) is 1. The van der Waals surface area contributed by atoms with Gasteiger partial charge in [-0.15, -0.1) is 0 Å². The van der Waals surface area contributed by atoms with Crippen molar-refractivity contribution < 1.29 is 19.1 Å². The molecule has 1 aromatic carbocycles. The molecule has 1 unspecified atom stereocenters. The van der Waals surface area contributed by atoms with E-state index in [1.807, 2.05) is 0 Å². The number of rotatable bonds is 9. The summed E-state index contributed by atoms with van der Waals surface area (Å²) < 4.78 is 10.2. The van der Waals surface area contributed by atoms with Crippen molar-refractivity contribution in [1.29, 1.82) is 0 Å². The number of benzene rings is 1. The van der Waals surface area contributed by atoms with E-state index in [0.29, 0.717) is 37.9 Å². The lowest BCUT2D eigenvalue weighted by molar-refractivity contribution is -0.126. The summed E-state index contributed by atoms with van der Waals surface area (Å²) in [6, 6.07) is 7.05. The van der Waals surface area contributed by atoms with Crippen LogP contribution in [0.15, 0.2) is 24.3 Å². The van der Waals surface area contributed by atoms with Crippen LogP contribution in [0.1, 0.15) is 12.8 Å². The van der Waals surface area contributed by atoms with Crippen molar-refractivity contribution in [1.82, 2.24) is 5.32 Å². The van der Waals surface area contributed by atoms with E-state index in [9.17, 15) is 9.59 Å². The number of hydrogen-bond acceptors (Lipinski definition) is 4. The van der Waals surface area contributed by atoms with E-state index in [1.54, 1.807) is 36.3 Å². The van der Waals surface area contributed by atoms with Crippen molar-refractivity contribution in [2.24, 2.45) is 5.92 Å². The van der Waals surface area contributed by atoms with Crippen molar-refractivity contribution in [3.63, 3.8) is 0 Å². The second-order valence-electron chi connectivity index (χ2n) is 5.63. The monoisotopic (exact) mass is 354 g/mol. The van der Waals surface area contributed by atoms with Crippen LogP contribution in [0.25, 0.3) is 0 Å². The average molecular weight is 355 g/mol. The Morgan fingerprint density at radius 3 is 2.75 bits per heavy atom. The van der Waals surface area contributed by atoms with Crippen LogP contribution >= 0.6 is 11.6 Å². The maximum Gasteiger partial charge on any atom is 0.227 e. The van der Waals surface area contributed by atoms with Crippen LogP contribution in [0.5, 0.6) is 0 Å². The molecule has 1 aromatic rings. The Balaban J connectivity index is 1.72. The molecule has 0 radical (unpaired) electrons. The predicted octanol–water partition coefficient (Wildman–Crippen LogP) is 1.86. The van der Waals surface area contributed by atoms with Crippen LogP contribution in [0.2, 0.25) is 5.02 Å². The summed E-state index contributed by atoms with van der Waals surface area (Å²) in [5, 5.41) is 3.48. The fourth-order valence-electron chi connectivity index (χ4n) is 2.53. The molecule has 0 aliphatic carbocycles. The average Bonchev–Trinajstić information content (AvgIpc) is 2.96. The van der Waals surface area contributed by atoms with Gasteiger partial charge in [-0.05, 0) is 30.7 Å². The maximum absolute atomic E-state index is 12.2. The van der Waals surface area contributed by atoms with Gasteiger partial charge in [0.15, 0.2) is 0 Å². The minimum Gasteiger partial charge on any atom is -0.382 e. The number of methoxy groups -OCH3 is 1. The molecule has 24 heavy (non-hydrogen) atoms. The van der Waals surface area contributed by atoms with Gasteiger partial charge in [0, 0.05) is 43.9 Å². The zero-order valence-electron chi connectivity index (χ0n) is 13.8. The Labute approximate surface area is 147 Å². The van der Waals surface area contributed by atoms with E-state index in [0.717, 1.165) is 12.1 Å².